The minimum absolute atomic E-state index is 0.144. The summed E-state index contributed by atoms with van der Waals surface area (Å²) in [6, 6.07) is 3.88. The number of likely N-dealkylation sites (tertiary alicyclic amines) is 1. The lowest BCUT2D eigenvalue weighted by Gasteiger charge is -2.22. The van der Waals surface area contributed by atoms with Crippen LogP contribution >= 0.6 is 11.3 Å². The number of rotatable bonds is 6. The molecule has 1 saturated heterocycles. The molecule has 1 aliphatic heterocycles. The summed E-state index contributed by atoms with van der Waals surface area (Å²) in [5.74, 6) is -1.44. The van der Waals surface area contributed by atoms with E-state index in [2.05, 4.69) is 5.32 Å². The van der Waals surface area contributed by atoms with Gasteiger partial charge in [-0.1, -0.05) is 38.1 Å². The molecule has 6 nitrogen and oxygen atoms in total. The summed E-state index contributed by atoms with van der Waals surface area (Å²) < 4.78 is 12.2. The highest BCUT2D eigenvalue weighted by Gasteiger charge is 2.34. The van der Waals surface area contributed by atoms with E-state index in [1.54, 1.807) is 23.5 Å². The molecular formula is C23H33FN2O4S. The third kappa shape index (κ3) is 10.0. The second-order valence-corrected chi connectivity index (χ2v) is 7.69. The van der Waals surface area contributed by atoms with Crippen LogP contribution in [0.25, 0.3) is 0 Å². The van der Waals surface area contributed by atoms with Crippen LogP contribution in [0.15, 0.2) is 53.7 Å². The first kappa shape index (κ1) is 26.7. The summed E-state index contributed by atoms with van der Waals surface area (Å²) in [4.78, 5) is 26.2. The van der Waals surface area contributed by atoms with Gasteiger partial charge in [0.2, 0.25) is 0 Å². The van der Waals surface area contributed by atoms with Gasteiger partial charge >= 0.3 is 0 Å². The first-order valence-corrected chi connectivity index (χ1v) is 11.5. The second-order valence-electron chi connectivity index (χ2n) is 6.65. The van der Waals surface area contributed by atoms with Gasteiger partial charge in [0.15, 0.2) is 12.2 Å². The summed E-state index contributed by atoms with van der Waals surface area (Å²) in [5, 5.41) is 24.1. The Kier molecular flexibility index (Phi) is 13.4. The van der Waals surface area contributed by atoms with Crippen LogP contribution in [0.1, 0.15) is 38.0 Å². The van der Waals surface area contributed by atoms with Crippen molar-refractivity contribution in [2.24, 2.45) is 0 Å². The van der Waals surface area contributed by atoms with Gasteiger partial charge in [0.25, 0.3) is 11.8 Å². The number of amides is 2. The van der Waals surface area contributed by atoms with Crippen molar-refractivity contribution in [3.63, 3.8) is 0 Å². The van der Waals surface area contributed by atoms with Crippen LogP contribution < -0.4 is 5.32 Å². The molecule has 2 aliphatic rings. The van der Waals surface area contributed by atoms with Crippen molar-refractivity contribution in [2.75, 3.05) is 19.6 Å². The molecular weight excluding hydrogens is 419 g/mol. The van der Waals surface area contributed by atoms with Gasteiger partial charge in [-0.15, -0.1) is 11.3 Å². The van der Waals surface area contributed by atoms with Gasteiger partial charge in [-0.05, 0) is 49.3 Å². The fraction of sp³-hybridized carbons (Fsp3) is 0.478. The minimum atomic E-state index is -1.72. The molecule has 1 fully saturated rings. The maximum Gasteiger partial charge on any atom is 0.254 e. The summed E-state index contributed by atoms with van der Waals surface area (Å²) >= 11 is 1.59. The molecule has 2 heterocycles. The number of thiophene rings is 1. The van der Waals surface area contributed by atoms with Crippen LogP contribution in [-0.4, -0.2) is 58.8 Å². The van der Waals surface area contributed by atoms with E-state index in [1.807, 2.05) is 43.5 Å². The highest BCUT2D eigenvalue weighted by Crippen LogP contribution is 2.11. The van der Waals surface area contributed by atoms with Crippen molar-refractivity contribution >= 4 is 23.2 Å². The van der Waals surface area contributed by atoms with Crippen LogP contribution in [0.5, 0.6) is 0 Å². The molecule has 2 amide bonds. The third-order valence-corrected chi connectivity index (χ3v) is 5.38. The SMILES string of the molecule is CC.FC1=CCC=CC=C1.O=C(NCCc1cccs1)[C@H](O)[C@@H](O)C(=O)N1CCCC1. The molecule has 0 unspecified atom stereocenters. The van der Waals surface area contributed by atoms with E-state index in [-0.39, 0.29) is 5.83 Å². The van der Waals surface area contributed by atoms with Crippen molar-refractivity contribution in [1.29, 1.82) is 0 Å². The normalized spacial score (nSPS) is 16.7. The monoisotopic (exact) mass is 452 g/mol. The predicted octanol–water partition coefficient (Wildman–Crippen LogP) is 3.13. The van der Waals surface area contributed by atoms with Gasteiger partial charge in [0.1, 0.15) is 5.83 Å². The molecule has 3 N–H and O–H groups in total. The van der Waals surface area contributed by atoms with E-state index in [0.717, 1.165) is 17.7 Å². The Balaban J connectivity index is 0.000000400. The van der Waals surface area contributed by atoms with Crippen molar-refractivity contribution in [3.05, 3.63) is 58.6 Å². The van der Waals surface area contributed by atoms with Gasteiger partial charge < -0.3 is 20.4 Å². The Morgan fingerprint density at radius 2 is 1.90 bits per heavy atom. The van der Waals surface area contributed by atoms with Crippen LogP contribution in [0, 0.1) is 0 Å². The topological polar surface area (TPSA) is 89.9 Å². The van der Waals surface area contributed by atoms with Gasteiger partial charge in [-0.2, -0.15) is 0 Å². The zero-order valence-electron chi connectivity index (χ0n) is 18.2. The third-order valence-electron chi connectivity index (χ3n) is 4.44. The lowest BCUT2D eigenvalue weighted by atomic mass is 10.1. The average molecular weight is 453 g/mol. The number of aliphatic hydroxyl groups excluding tert-OH is 2. The van der Waals surface area contributed by atoms with E-state index >= 15 is 0 Å². The second kappa shape index (κ2) is 15.5. The molecule has 0 aromatic carbocycles. The van der Waals surface area contributed by atoms with Gasteiger partial charge in [-0.25, -0.2) is 4.39 Å². The molecule has 0 saturated carbocycles. The van der Waals surface area contributed by atoms with E-state index < -0.39 is 24.0 Å². The molecule has 1 aliphatic carbocycles. The van der Waals surface area contributed by atoms with Crippen LogP contribution in [-0.2, 0) is 16.0 Å². The standard InChI is InChI=1S/C14H20N2O4S.C7H7F.C2H6/c17-11(12(18)14(20)16-7-1-2-8-16)13(19)15-6-5-10-4-3-9-21-10;8-7-5-3-1-2-4-6-7;1-2/h3-4,9,11-12,17-18H,1-2,5-8H2,(H,15,19);1-3,5-6H,4H2;1-2H3/t11-,12-;;/m1../s1. The molecule has 2 atom stereocenters. The van der Waals surface area contributed by atoms with Crippen LogP contribution in [0.3, 0.4) is 0 Å². The Morgan fingerprint density at radius 1 is 1.19 bits per heavy atom. The molecule has 1 aromatic heterocycles. The van der Waals surface area contributed by atoms with Crippen molar-refractivity contribution in [1.82, 2.24) is 10.2 Å². The number of hydrogen-bond donors (Lipinski definition) is 3. The summed E-state index contributed by atoms with van der Waals surface area (Å²) in [5.41, 5.74) is 0. The van der Waals surface area contributed by atoms with Crippen LogP contribution in [0.2, 0.25) is 0 Å². The van der Waals surface area contributed by atoms with Crippen molar-refractivity contribution < 1.29 is 24.2 Å². The fourth-order valence-electron chi connectivity index (χ4n) is 2.82. The van der Waals surface area contributed by atoms with Crippen molar-refractivity contribution in [3.8, 4) is 0 Å². The summed E-state index contributed by atoms with van der Waals surface area (Å²) in [6.45, 7) is 5.51. The molecule has 0 spiro atoms. The zero-order chi connectivity index (χ0) is 23.1. The Bertz CT molecular complexity index is 738. The van der Waals surface area contributed by atoms with E-state index in [9.17, 15) is 24.2 Å². The maximum atomic E-state index is 12.2. The zero-order valence-corrected chi connectivity index (χ0v) is 19.0. The number of aliphatic hydroxyl groups is 2. The molecule has 3 rings (SSSR count). The molecule has 31 heavy (non-hydrogen) atoms. The van der Waals surface area contributed by atoms with Crippen molar-refractivity contribution in [2.45, 2.75) is 51.7 Å². The number of nitrogens with one attached hydrogen (secondary N) is 1. The number of halogens is 1. The molecule has 0 bridgehead atoms. The smallest absolute Gasteiger partial charge is 0.254 e. The lowest BCUT2D eigenvalue weighted by Crippen LogP contribution is -2.50. The highest BCUT2D eigenvalue weighted by atomic mass is 32.1. The van der Waals surface area contributed by atoms with E-state index in [1.165, 1.54) is 11.0 Å². The Morgan fingerprint density at radius 3 is 2.55 bits per heavy atom. The molecule has 8 heteroatoms. The maximum absolute atomic E-state index is 12.2. The number of allylic oxidation sites excluding steroid dienone is 6. The lowest BCUT2D eigenvalue weighted by molar-refractivity contribution is -0.152. The molecule has 0 radical (unpaired) electrons. The van der Waals surface area contributed by atoms with Gasteiger partial charge in [0, 0.05) is 24.5 Å². The Labute approximate surface area is 187 Å². The number of hydrogen-bond acceptors (Lipinski definition) is 5. The first-order chi connectivity index (χ1) is 15.0. The number of carbonyl (C=O) groups excluding carboxylic acids is 2. The van der Waals surface area contributed by atoms with Crippen LogP contribution in [0.4, 0.5) is 4.39 Å². The quantitative estimate of drug-likeness (QED) is 0.619. The summed E-state index contributed by atoms with van der Waals surface area (Å²) in [7, 11) is 0. The van der Waals surface area contributed by atoms with E-state index in [0.29, 0.717) is 32.5 Å². The van der Waals surface area contributed by atoms with Gasteiger partial charge in [-0.3, -0.25) is 9.59 Å². The fourth-order valence-corrected chi connectivity index (χ4v) is 3.53. The molecule has 1 aromatic rings. The Hall–Kier alpha value is -2.29. The highest BCUT2D eigenvalue weighted by molar-refractivity contribution is 7.09. The summed E-state index contributed by atoms with van der Waals surface area (Å²) in [6.07, 6.45) is 8.16. The predicted molar refractivity (Wildman–Crippen MR) is 122 cm³/mol. The number of carbonyl (C=O) groups is 2. The molecule has 172 valence electrons. The van der Waals surface area contributed by atoms with Gasteiger partial charge in [0.05, 0.1) is 0 Å². The van der Waals surface area contributed by atoms with E-state index in [4.69, 9.17) is 0 Å². The minimum Gasteiger partial charge on any atom is -0.380 e. The largest absolute Gasteiger partial charge is 0.380 e. The number of nitrogens with zero attached hydrogens (tertiary/aromatic N) is 1. The first-order valence-electron chi connectivity index (χ1n) is 10.6. The average Bonchev–Trinajstić information content (AvgIpc) is 3.46.